The van der Waals surface area contributed by atoms with Crippen LogP contribution in [0.1, 0.15) is 27.7 Å². The van der Waals surface area contributed by atoms with Crippen LogP contribution >= 0.6 is 0 Å². The molecule has 94 valence electrons. The van der Waals surface area contributed by atoms with Crippen LogP contribution in [0.3, 0.4) is 0 Å². The highest BCUT2D eigenvalue weighted by Crippen LogP contribution is 2.27. The normalized spacial score (nSPS) is 11.5. The van der Waals surface area contributed by atoms with Crippen LogP contribution in [0.15, 0.2) is 71.4 Å². The van der Waals surface area contributed by atoms with Crippen molar-refractivity contribution >= 4 is 0 Å². The minimum absolute atomic E-state index is 0.584. The van der Waals surface area contributed by atoms with Gasteiger partial charge in [-0.1, -0.05) is 38.0 Å². The van der Waals surface area contributed by atoms with Crippen LogP contribution in [-0.2, 0) is 0 Å². The summed E-state index contributed by atoms with van der Waals surface area (Å²) in [5.74, 6) is 0. The molecule has 0 bridgehead atoms. The van der Waals surface area contributed by atoms with Gasteiger partial charge >= 0.3 is 0 Å². The van der Waals surface area contributed by atoms with Gasteiger partial charge in [-0.2, -0.15) is 5.26 Å². The molecule has 0 aromatic rings. The van der Waals surface area contributed by atoms with E-state index < -0.39 is 0 Å². The molecule has 1 heteroatoms. The van der Waals surface area contributed by atoms with Crippen LogP contribution in [-0.4, -0.2) is 0 Å². The van der Waals surface area contributed by atoms with Gasteiger partial charge in [-0.25, -0.2) is 0 Å². The molecule has 0 rings (SSSR count). The van der Waals surface area contributed by atoms with Crippen LogP contribution in [0, 0.1) is 11.3 Å². The van der Waals surface area contributed by atoms with E-state index in [0.29, 0.717) is 5.57 Å². The van der Waals surface area contributed by atoms with E-state index in [1.165, 1.54) is 0 Å². The second-order valence-electron chi connectivity index (χ2n) is 4.22. The van der Waals surface area contributed by atoms with Gasteiger partial charge in [-0.05, 0) is 55.6 Å². The number of rotatable bonds is 5. The summed E-state index contributed by atoms with van der Waals surface area (Å²) in [5.41, 5.74) is 4.91. The molecule has 18 heavy (non-hydrogen) atoms. The van der Waals surface area contributed by atoms with Gasteiger partial charge in [-0.15, -0.1) is 0 Å². The zero-order valence-electron chi connectivity index (χ0n) is 11.8. The Bertz CT molecular complexity index is 486. The maximum atomic E-state index is 9.42. The van der Waals surface area contributed by atoms with Crippen molar-refractivity contribution in [2.24, 2.45) is 0 Å². The highest BCUT2D eigenvalue weighted by molar-refractivity contribution is 5.62. The summed E-state index contributed by atoms with van der Waals surface area (Å²) in [6.07, 6.45) is 5.61. The summed E-state index contributed by atoms with van der Waals surface area (Å²) < 4.78 is 0. The minimum atomic E-state index is 0.584. The standard InChI is InChI=1S/C17H21N/c1-8-10-14(7)15(9-2)16(11-18)17(12(3)4)13(5)6/h8-10H,2-3,5H2,1,4,6-7H3/b10-8-,15-14+. The van der Waals surface area contributed by atoms with Gasteiger partial charge in [0.15, 0.2) is 0 Å². The fourth-order valence-electron chi connectivity index (χ4n) is 1.84. The third-order valence-corrected chi connectivity index (χ3v) is 2.53. The van der Waals surface area contributed by atoms with Crippen molar-refractivity contribution in [3.05, 3.63) is 71.4 Å². The zero-order chi connectivity index (χ0) is 14.3. The number of nitrogens with zero attached hydrogens (tertiary/aromatic N) is 1. The number of hydrogen-bond acceptors (Lipinski definition) is 1. The molecule has 0 radical (unpaired) electrons. The monoisotopic (exact) mass is 239 g/mol. The molecular formula is C17H21N. The van der Waals surface area contributed by atoms with Gasteiger partial charge in [0.25, 0.3) is 0 Å². The van der Waals surface area contributed by atoms with Gasteiger partial charge in [0, 0.05) is 0 Å². The summed E-state index contributed by atoms with van der Waals surface area (Å²) in [4.78, 5) is 0. The Morgan fingerprint density at radius 2 is 1.61 bits per heavy atom. The quantitative estimate of drug-likeness (QED) is 0.487. The Morgan fingerprint density at radius 3 is 1.89 bits per heavy atom. The minimum Gasteiger partial charge on any atom is -0.192 e. The molecule has 0 spiro atoms. The lowest BCUT2D eigenvalue weighted by Gasteiger charge is -2.12. The molecule has 0 heterocycles. The first kappa shape index (κ1) is 15.9. The van der Waals surface area contributed by atoms with Crippen LogP contribution < -0.4 is 0 Å². The van der Waals surface area contributed by atoms with Crippen molar-refractivity contribution in [3.8, 4) is 6.07 Å². The van der Waals surface area contributed by atoms with Crippen molar-refractivity contribution in [2.45, 2.75) is 27.7 Å². The van der Waals surface area contributed by atoms with E-state index in [1.807, 2.05) is 39.8 Å². The van der Waals surface area contributed by atoms with Crippen LogP contribution in [0.25, 0.3) is 0 Å². The largest absolute Gasteiger partial charge is 0.192 e. The average Bonchev–Trinajstić information content (AvgIpc) is 2.27. The second-order valence-corrected chi connectivity index (χ2v) is 4.22. The van der Waals surface area contributed by atoms with E-state index in [-0.39, 0.29) is 0 Å². The molecular weight excluding hydrogens is 218 g/mol. The molecule has 0 amide bonds. The first-order valence-corrected chi connectivity index (χ1v) is 5.83. The molecule has 1 nitrogen and oxygen atoms in total. The molecule has 0 aromatic carbocycles. The van der Waals surface area contributed by atoms with E-state index in [1.54, 1.807) is 6.08 Å². The summed E-state index contributed by atoms with van der Waals surface area (Å²) >= 11 is 0. The molecule has 0 saturated heterocycles. The Balaban J connectivity index is 6.30. The van der Waals surface area contributed by atoms with Gasteiger partial charge in [0.05, 0.1) is 5.57 Å². The van der Waals surface area contributed by atoms with Gasteiger partial charge in [0.2, 0.25) is 0 Å². The van der Waals surface area contributed by atoms with Gasteiger partial charge in [-0.3, -0.25) is 0 Å². The molecule has 0 aromatic heterocycles. The van der Waals surface area contributed by atoms with E-state index in [9.17, 15) is 5.26 Å². The highest BCUT2D eigenvalue weighted by Gasteiger charge is 2.12. The van der Waals surface area contributed by atoms with E-state index in [2.05, 4.69) is 25.8 Å². The van der Waals surface area contributed by atoms with Crippen molar-refractivity contribution in [3.63, 3.8) is 0 Å². The predicted octanol–water partition coefficient (Wildman–Crippen LogP) is 5.04. The molecule has 0 atom stereocenters. The summed E-state index contributed by atoms with van der Waals surface area (Å²) in [7, 11) is 0. The number of allylic oxidation sites excluding steroid dienone is 9. The fraction of sp³-hybridized carbons (Fsp3) is 0.235. The lowest BCUT2D eigenvalue weighted by atomic mass is 9.90. The van der Waals surface area contributed by atoms with Crippen LogP contribution in [0.5, 0.6) is 0 Å². The smallest absolute Gasteiger partial charge is 0.100 e. The Labute approximate surface area is 111 Å². The Morgan fingerprint density at radius 1 is 1.11 bits per heavy atom. The summed E-state index contributed by atoms with van der Waals surface area (Å²) in [5, 5.41) is 9.42. The van der Waals surface area contributed by atoms with E-state index >= 15 is 0 Å². The molecule has 0 saturated carbocycles. The second kappa shape index (κ2) is 7.29. The predicted molar refractivity (Wildman–Crippen MR) is 80.0 cm³/mol. The lowest BCUT2D eigenvalue weighted by Crippen LogP contribution is -1.97. The first-order valence-electron chi connectivity index (χ1n) is 5.83. The van der Waals surface area contributed by atoms with Crippen LogP contribution in [0.2, 0.25) is 0 Å². The maximum absolute atomic E-state index is 9.42. The van der Waals surface area contributed by atoms with Crippen LogP contribution in [0.4, 0.5) is 0 Å². The zero-order valence-corrected chi connectivity index (χ0v) is 11.8. The molecule has 0 aliphatic carbocycles. The maximum Gasteiger partial charge on any atom is 0.100 e. The molecule has 0 unspecified atom stereocenters. The highest BCUT2D eigenvalue weighted by atomic mass is 14.3. The molecule has 0 N–H and O–H groups in total. The third kappa shape index (κ3) is 3.75. The summed E-state index contributed by atoms with van der Waals surface area (Å²) in [6, 6.07) is 2.25. The topological polar surface area (TPSA) is 23.8 Å². The summed E-state index contributed by atoms with van der Waals surface area (Å²) in [6.45, 7) is 19.3. The average molecular weight is 239 g/mol. The SMILES string of the molecule is C=C/C(C(C#N)=C(C(=C)C)C(=C)C)=C(C)\C=C/C. The Kier molecular flexibility index (Phi) is 6.45. The lowest BCUT2D eigenvalue weighted by molar-refractivity contribution is 1.27. The van der Waals surface area contributed by atoms with Crippen molar-refractivity contribution in [2.75, 3.05) is 0 Å². The molecule has 0 fully saturated rings. The molecule has 0 aliphatic heterocycles. The Hall–Kier alpha value is -2.07. The van der Waals surface area contributed by atoms with E-state index in [4.69, 9.17) is 0 Å². The molecule has 0 aliphatic rings. The fourth-order valence-corrected chi connectivity index (χ4v) is 1.84. The van der Waals surface area contributed by atoms with Gasteiger partial charge in [0.1, 0.15) is 6.07 Å². The first-order chi connectivity index (χ1) is 8.40. The van der Waals surface area contributed by atoms with Crippen molar-refractivity contribution < 1.29 is 0 Å². The number of hydrogen-bond donors (Lipinski definition) is 0. The van der Waals surface area contributed by atoms with Crippen molar-refractivity contribution in [1.29, 1.82) is 5.26 Å². The van der Waals surface area contributed by atoms with Gasteiger partial charge < -0.3 is 0 Å². The van der Waals surface area contributed by atoms with E-state index in [0.717, 1.165) is 27.9 Å². The third-order valence-electron chi connectivity index (χ3n) is 2.53. The van der Waals surface area contributed by atoms with Crippen molar-refractivity contribution in [1.82, 2.24) is 0 Å². The number of nitriles is 1.